The van der Waals surface area contributed by atoms with Gasteiger partial charge in [-0.25, -0.2) is 0 Å². The molecule has 1 saturated carbocycles. The summed E-state index contributed by atoms with van der Waals surface area (Å²) < 4.78 is 0.932. The maximum absolute atomic E-state index is 9.52. The van der Waals surface area contributed by atoms with E-state index in [9.17, 15) is 5.26 Å². The molecule has 0 aliphatic heterocycles. The van der Waals surface area contributed by atoms with Crippen LogP contribution in [0.5, 0.6) is 0 Å². The number of hydrogen-bond acceptors (Lipinski definition) is 7. The molecule has 19 heavy (non-hydrogen) atoms. The number of thioether (sulfide) groups is 1. The zero-order valence-corrected chi connectivity index (χ0v) is 13.1. The zero-order chi connectivity index (χ0) is 13.9. The monoisotopic (exact) mass is 297 g/mol. The van der Waals surface area contributed by atoms with Gasteiger partial charge in [-0.05, 0) is 25.3 Å². The van der Waals surface area contributed by atoms with E-state index in [4.69, 9.17) is 0 Å². The summed E-state index contributed by atoms with van der Waals surface area (Å²) in [6, 6.07) is 2.49. The highest BCUT2D eigenvalue weighted by atomic mass is 32.2. The van der Waals surface area contributed by atoms with Crippen LogP contribution in [-0.2, 0) is 0 Å². The van der Waals surface area contributed by atoms with Gasteiger partial charge in [-0.3, -0.25) is 5.32 Å². The van der Waals surface area contributed by atoms with E-state index in [1.807, 2.05) is 25.9 Å². The third kappa shape index (κ3) is 3.38. The number of nitrogens with zero attached hydrogens (tertiary/aromatic N) is 4. The normalized spacial score (nSPS) is 17.8. The van der Waals surface area contributed by atoms with Crippen molar-refractivity contribution in [2.75, 3.05) is 31.3 Å². The molecule has 7 heteroatoms. The number of hydrogen-bond donors (Lipinski definition) is 1. The number of anilines is 1. The van der Waals surface area contributed by atoms with Crippen LogP contribution in [0.3, 0.4) is 0 Å². The van der Waals surface area contributed by atoms with E-state index in [1.54, 1.807) is 23.1 Å². The molecule has 0 bridgehead atoms. The summed E-state index contributed by atoms with van der Waals surface area (Å²) in [5, 5.41) is 22.1. The summed E-state index contributed by atoms with van der Waals surface area (Å²) in [4.78, 5) is 1.95. The first-order valence-corrected chi connectivity index (χ1v) is 8.21. The van der Waals surface area contributed by atoms with Crippen molar-refractivity contribution in [3.05, 3.63) is 0 Å². The predicted octanol–water partition coefficient (Wildman–Crippen LogP) is 1.98. The third-order valence-corrected chi connectivity index (χ3v) is 5.59. The number of rotatable bonds is 7. The second-order valence-corrected chi connectivity index (χ2v) is 7.10. The molecule has 5 nitrogen and oxygen atoms in total. The van der Waals surface area contributed by atoms with Crippen molar-refractivity contribution in [1.82, 2.24) is 15.5 Å². The first-order valence-electron chi connectivity index (χ1n) is 6.41. The van der Waals surface area contributed by atoms with Gasteiger partial charge in [-0.1, -0.05) is 30.0 Å². The van der Waals surface area contributed by atoms with E-state index >= 15 is 0 Å². The second-order valence-electron chi connectivity index (χ2n) is 4.92. The summed E-state index contributed by atoms with van der Waals surface area (Å²) in [6.45, 7) is 2.87. The highest BCUT2D eigenvalue weighted by Crippen LogP contribution is 2.42. The second kappa shape index (κ2) is 6.07. The Kier molecular flexibility index (Phi) is 4.66. The summed E-state index contributed by atoms with van der Waals surface area (Å²) in [7, 11) is 3.91. The minimum atomic E-state index is -0.399. The van der Waals surface area contributed by atoms with Gasteiger partial charge in [0.05, 0.1) is 6.07 Å². The van der Waals surface area contributed by atoms with Crippen molar-refractivity contribution in [1.29, 1.82) is 5.26 Å². The number of nitrogens with one attached hydrogen (secondary N) is 1. The summed E-state index contributed by atoms with van der Waals surface area (Å²) >= 11 is 3.20. The molecule has 104 valence electrons. The Morgan fingerprint density at radius 2 is 2.26 bits per heavy atom. The van der Waals surface area contributed by atoms with E-state index in [2.05, 4.69) is 21.6 Å². The molecule has 0 radical (unpaired) electrons. The summed E-state index contributed by atoms with van der Waals surface area (Å²) in [5.74, 6) is 1.23. The van der Waals surface area contributed by atoms with Gasteiger partial charge in [0.15, 0.2) is 4.34 Å². The third-order valence-electron chi connectivity index (χ3n) is 3.17. The van der Waals surface area contributed by atoms with Crippen LogP contribution in [0.4, 0.5) is 5.13 Å². The average molecular weight is 297 g/mol. The molecule has 1 atom stereocenters. The summed E-state index contributed by atoms with van der Waals surface area (Å²) in [5.41, 5.74) is -0.399. The maximum atomic E-state index is 9.52. The molecular weight excluding hydrogens is 278 g/mol. The van der Waals surface area contributed by atoms with Crippen LogP contribution in [0.25, 0.3) is 0 Å². The Hall–Kier alpha value is -0.840. The molecule has 1 aliphatic rings. The lowest BCUT2D eigenvalue weighted by atomic mass is 9.98. The van der Waals surface area contributed by atoms with E-state index in [1.165, 1.54) is 0 Å². The van der Waals surface area contributed by atoms with Crippen molar-refractivity contribution in [3.8, 4) is 6.07 Å². The SMILES string of the molecule is CCNC(C#N)(CSc1nnc(N(C)C)s1)C1CC1. The smallest absolute Gasteiger partial charge is 0.208 e. The Balaban J connectivity index is 2.00. The standard InChI is InChI=1S/C12H19N5S2/c1-4-14-12(7-13,9-5-6-9)8-18-11-16-15-10(19-11)17(2)3/h9,14H,4-6,8H2,1-3H3. The first kappa shape index (κ1) is 14.6. The Morgan fingerprint density at radius 1 is 1.53 bits per heavy atom. The fraction of sp³-hybridized carbons (Fsp3) is 0.750. The van der Waals surface area contributed by atoms with Crippen LogP contribution >= 0.6 is 23.1 Å². The van der Waals surface area contributed by atoms with Crippen LogP contribution in [0.15, 0.2) is 4.34 Å². The minimum absolute atomic E-state index is 0.399. The maximum Gasteiger partial charge on any atom is 0.208 e. The fourth-order valence-corrected chi connectivity index (χ4v) is 3.98. The molecule has 0 aromatic carbocycles. The Morgan fingerprint density at radius 3 is 2.74 bits per heavy atom. The van der Waals surface area contributed by atoms with Crippen LogP contribution < -0.4 is 10.2 Å². The molecular formula is C12H19N5S2. The van der Waals surface area contributed by atoms with Crippen LogP contribution in [-0.4, -0.2) is 42.1 Å². The number of aromatic nitrogens is 2. The van der Waals surface area contributed by atoms with Gasteiger partial charge in [0.25, 0.3) is 0 Å². The minimum Gasteiger partial charge on any atom is -0.353 e. The van der Waals surface area contributed by atoms with Gasteiger partial charge < -0.3 is 4.90 Å². The van der Waals surface area contributed by atoms with Gasteiger partial charge in [0.2, 0.25) is 5.13 Å². The highest BCUT2D eigenvalue weighted by Gasteiger charge is 2.45. The zero-order valence-electron chi connectivity index (χ0n) is 11.5. The Bertz CT molecular complexity index is 463. The van der Waals surface area contributed by atoms with Crippen molar-refractivity contribution in [3.63, 3.8) is 0 Å². The topological polar surface area (TPSA) is 64.8 Å². The van der Waals surface area contributed by atoms with Crippen molar-refractivity contribution >= 4 is 28.2 Å². The molecule has 0 saturated heterocycles. The lowest BCUT2D eigenvalue weighted by molar-refractivity contribution is 0.416. The van der Waals surface area contributed by atoms with Gasteiger partial charge in [-0.2, -0.15) is 5.26 Å². The van der Waals surface area contributed by atoms with E-state index in [-0.39, 0.29) is 0 Å². The van der Waals surface area contributed by atoms with E-state index < -0.39 is 5.54 Å². The van der Waals surface area contributed by atoms with Crippen molar-refractivity contribution in [2.45, 2.75) is 29.6 Å². The van der Waals surface area contributed by atoms with E-state index in [0.717, 1.165) is 34.6 Å². The lowest BCUT2D eigenvalue weighted by Crippen LogP contribution is -2.48. The van der Waals surface area contributed by atoms with Crippen molar-refractivity contribution < 1.29 is 0 Å². The molecule has 2 rings (SSSR count). The molecule has 1 aliphatic carbocycles. The molecule has 1 unspecified atom stereocenters. The molecule has 1 heterocycles. The Labute approximate surface area is 122 Å². The average Bonchev–Trinajstić information content (AvgIpc) is 3.13. The molecule has 0 spiro atoms. The van der Waals surface area contributed by atoms with Gasteiger partial charge in [-0.15, -0.1) is 10.2 Å². The quantitative estimate of drug-likeness (QED) is 0.776. The first-order chi connectivity index (χ1) is 9.11. The number of nitriles is 1. The molecule has 1 aromatic heterocycles. The van der Waals surface area contributed by atoms with Gasteiger partial charge in [0, 0.05) is 19.8 Å². The van der Waals surface area contributed by atoms with Gasteiger partial charge in [0.1, 0.15) is 5.54 Å². The largest absolute Gasteiger partial charge is 0.353 e. The van der Waals surface area contributed by atoms with Crippen LogP contribution in [0.2, 0.25) is 0 Å². The van der Waals surface area contributed by atoms with Crippen molar-refractivity contribution in [2.24, 2.45) is 5.92 Å². The molecule has 0 amide bonds. The molecule has 1 fully saturated rings. The highest BCUT2D eigenvalue weighted by molar-refractivity contribution is 8.01. The lowest BCUT2D eigenvalue weighted by Gasteiger charge is -2.26. The molecule has 1 aromatic rings. The van der Waals surface area contributed by atoms with Gasteiger partial charge >= 0.3 is 0 Å². The van der Waals surface area contributed by atoms with Crippen LogP contribution in [0.1, 0.15) is 19.8 Å². The summed E-state index contributed by atoms with van der Waals surface area (Å²) in [6.07, 6.45) is 2.31. The fourth-order valence-electron chi connectivity index (χ4n) is 1.99. The molecule has 1 N–H and O–H groups in total. The van der Waals surface area contributed by atoms with E-state index in [0.29, 0.717) is 5.92 Å². The predicted molar refractivity (Wildman–Crippen MR) is 79.7 cm³/mol. The van der Waals surface area contributed by atoms with Crippen LogP contribution in [0, 0.1) is 17.2 Å².